The van der Waals surface area contributed by atoms with Gasteiger partial charge in [-0.05, 0) is 18.1 Å². The molecule has 4 heteroatoms. The summed E-state index contributed by atoms with van der Waals surface area (Å²) in [6.07, 6.45) is 2.57. The Bertz CT molecular complexity index is 243. The molecular weight excluding hydrogens is 194 g/mol. The average Bonchev–Trinajstić information content (AvgIpc) is 2.31. The van der Waals surface area contributed by atoms with Gasteiger partial charge in [0.2, 0.25) is 0 Å². The van der Waals surface area contributed by atoms with Crippen LogP contribution in [0, 0.1) is 5.21 Å². The first-order chi connectivity index (χ1) is 6.22. The summed E-state index contributed by atoms with van der Waals surface area (Å²) < 4.78 is 7.08. The van der Waals surface area contributed by atoms with Crippen molar-refractivity contribution >= 4 is 14.5 Å². The van der Waals surface area contributed by atoms with Crippen molar-refractivity contribution in [3.05, 3.63) is 5.21 Å². The van der Waals surface area contributed by atoms with Crippen LogP contribution in [0.5, 0.6) is 0 Å². The van der Waals surface area contributed by atoms with Crippen molar-refractivity contribution in [3.63, 3.8) is 0 Å². The molecule has 1 rings (SSSR count). The Morgan fingerprint density at radius 3 is 2.36 bits per heavy atom. The number of hydrogen-bond donors (Lipinski definition) is 0. The molecule has 3 nitrogen and oxygen atoms in total. The Hall–Kier alpha value is -0.353. The largest absolute Gasteiger partial charge is 0.624 e. The van der Waals surface area contributed by atoms with Crippen molar-refractivity contribution in [2.75, 3.05) is 6.54 Å². The van der Waals surface area contributed by atoms with E-state index in [0.717, 1.165) is 11.2 Å². The van der Waals surface area contributed by atoms with E-state index in [9.17, 15) is 5.21 Å². The molecule has 0 radical (unpaired) electrons. The third-order valence-electron chi connectivity index (χ3n) is 3.22. The minimum Gasteiger partial charge on any atom is -0.624 e. The van der Waals surface area contributed by atoms with Gasteiger partial charge < -0.3 is 9.63 Å². The lowest BCUT2D eigenvalue weighted by atomic mass is 10.2. The van der Waals surface area contributed by atoms with E-state index >= 15 is 0 Å². The van der Waals surface area contributed by atoms with Gasteiger partial charge in [0.25, 0.3) is 0 Å². The maximum atomic E-state index is 11.0. The SMILES string of the molecule is CC(C)(C)[Si](C)(C)O[C@@H]1CC=[N+]([O-])C1. The number of rotatable bonds is 2. The summed E-state index contributed by atoms with van der Waals surface area (Å²) >= 11 is 0. The van der Waals surface area contributed by atoms with Gasteiger partial charge in [0.05, 0.1) is 6.42 Å². The van der Waals surface area contributed by atoms with E-state index in [1.807, 2.05) is 0 Å². The first-order valence-electron chi connectivity index (χ1n) is 5.17. The van der Waals surface area contributed by atoms with Gasteiger partial charge in [-0.15, -0.1) is 0 Å². The molecule has 0 aliphatic carbocycles. The molecule has 82 valence electrons. The van der Waals surface area contributed by atoms with E-state index in [0.29, 0.717) is 6.54 Å². The van der Waals surface area contributed by atoms with Gasteiger partial charge in [0.1, 0.15) is 6.10 Å². The zero-order valence-corrected chi connectivity index (χ0v) is 10.8. The zero-order valence-electron chi connectivity index (χ0n) is 9.83. The molecule has 0 aromatic heterocycles. The van der Waals surface area contributed by atoms with Gasteiger partial charge in [-0.1, -0.05) is 20.8 Å². The highest BCUT2D eigenvalue weighted by atomic mass is 28.4. The lowest BCUT2D eigenvalue weighted by molar-refractivity contribution is -0.451. The lowest BCUT2D eigenvalue weighted by Gasteiger charge is -2.37. The Labute approximate surface area is 87.5 Å². The van der Waals surface area contributed by atoms with Crippen LogP contribution in [0.25, 0.3) is 0 Å². The van der Waals surface area contributed by atoms with Crippen molar-refractivity contribution in [2.45, 2.75) is 51.4 Å². The fourth-order valence-corrected chi connectivity index (χ4v) is 2.62. The fraction of sp³-hybridized carbons (Fsp3) is 0.900. The maximum Gasteiger partial charge on any atom is 0.192 e. The van der Waals surface area contributed by atoms with Gasteiger partial charge in [0.15, 0.2) is 21.1 Å². The highest BCUT2D eigenvalue weighted by Crippen LogP contribution is 2.37. The van der Waals surface area contributed by atoms with Crippen LogP contribution in [0.15, 0.2) is 0 Å². The summed E-state index contributed by atoms with van der Waals surface area (Å²) in [5, 5.41) is 11.2. The van der Waals surface area contributed by atoms with Crippen molar-refractivity contribution in [1.82, 2.24) is 0 Å². The molecule has 1 heterocycles. The van der Waals surface area contributed by atoms with Gasteiger partial charge in [-0.3, -0.25) is 0 Å². The topological polar surface area (TPSA) is 35.3 Å². The summed E-state index contributed by atoms with van der Waals surface area (Å²) in [5.74, 6) is 0. The van der Waals surface area contributed by atoms with Gasteiger partial charge in [-0.2, -0.15) is 0 Å². The number of hydrogen-bond acceptors (Lipinski definition) is 2. The lowest BCUT2D eigenvalue weighted by Crippen LogP contribution is -2.44. The second-order valence-electron chi connectivity index (χ2n) is 5.52. The molecule has 0 amide bonds. The summed E-state index contributed by atoms with van der Waals surface area (Å²) in [7, 11) is -1.69. The van der Waals surface area contributed by atoms with E-state index in [2.05, 4.69) is 33.9 Å². The minimum absolute atomic E-state index is 0.119. The quantitative estimate of drug-likeness (QED) is 0.403. The van der Waals surface area contributed by atoms with Crippen molar-refractivity contribution < 1.29 is 9.16 Å². The molecule has 0 bridgehead atoms. The van der Waals surface area contributed by atoms with E-state index in [1.165, 1.54) is 0 Å². The summed E-state index contributed by atoms with van der Waals surface area (Å²) in [5.41, 5.74) is 0. The summed E-state index contributed by atoms with van der Waals surface area (Å²) in [6.45, 7) is 11.6. The van der Waals surface area contributed by atoms with Crippen LogP contribution >= 0.6 is 0 Å². The van der Waals surface area contributed by atoms with E-state index < -0.39 is 8.32 Å². The van der Waals surface area contributed by atoms with Crippen LogP contribution in [-0.4, -0.2) is 31.9 Å². The highest BCUT2D eigenvalue weighted by Gasteiger charge is 2.40. The molecule has 0 aromatic carbocycles. The standard InChI is InChI=1S/C10H21NO2Si/c1-10(2,3)14(4,5)13-9-6-7-11(12)8-9/h7,9H,6,8H2,1-5H3/t9-/m1/s1. The first-order valence-corrected chi connectivity index (χ1v) is 8.08. The molecule has 0 saturated heterocycles. The predicted molar refractivity (Wildman–Crippen MR) is 61.2 cm³/mol. The van der Waals surface area contributed by atoms with Crippen molar-refractivity contribution in [3.8, 4) is 0 Å². The second kappa shape index (κ2) is 3.66. The Balaban J connectivity index is 2.53. The zero-order chi connectivity index (χ0) is 11.0. The smallest absolute Gasteiger partial charge is 0.192 e. The molecule has 0 aromatic rings. The van der Waals surface area contributed by atoms with Crippen LogP contribution in [0.3, 0.4) is 0 Å². The third kappa shape index (κ3) is 2.57. The average molecular weight is 215 g/mol. The van der Waals surface area contributed by atoms with Crippen LogP contribution in [0.1, 0.15) is 27.2 Å². The molecule has 1 atom stereocenters. The van der Waals surface area contributed by atoms with Crippen LogP contribution in [-0.2, 0) is 4.43 Å². The number of hydroxylamine groups is 1. The van der Waals surface area contributed by atoms with Gasteiger partial charge in [-0.25, -0.2) is 4.74 Å². The van der Waals surface area contributed by atoms with Crippen molar-refractivity contribution in [2.24, 2.45) is 0 Å². The molecule has 0 N–H and O–H groups in total. The molecular formula is C10H21NO2Si. The monoisotopic (exact) mass is 215 g/mol. The van der Waals surface area contributed by atoms with Crippen LogP contribution < -0.4 is 0 Å². The summed E-state index contributed by atoms with van der Waals surface area (Å²) in [4.78, 5) is 0. The van der Waals surface area contributed by atoms with E-state index in [1.54, 1.807) is 6.21 Å². The highest BCUT2D eigenvalue weighted by molar-refractivity contribution is 6.74. The predicted octanol–water partition coefficient (Wildman–Crippen LogP) is 2.36. The van der Waals surface area contributed by atoms with Gasteiger partial charge in [0, 0.05) is 0 Å². The molecule has 1 aliphatic rings. The minimum atomic E-state index is -1.69. The molecule has 0 fully saturated rings. The molecule has 1 aliphatic heterocycles. The normalized spacial score (nSPS) is 23.8. The molecule has 0 saturated carbocycles. The fourth-order valence-electron chi connectivity index (χ4n) is 1.26. The van der Waals surface area contributed by atoms with Crippen LogP contribution in [0.4, 0.5) is 0 Å². The van der Waals surface area contributed by atoms with E-state index in [4.69, 9.17) is 4.43 Å². The first kappa shape index (κ1) is 11.7. The third-order valence-corrected chi connectivity index (χ3v) is 7.76. The molecule has 14 heavy (non-hydrogen) atoms. The molecule has 0 spiro atoms. The van der Waals surface area contributed by atoms with Crippen molar-refractivity contribution in [1.29, 1.82) is 0 Å². The Morgan fingerprint density at radius 2 is 2.00 bits per heavy atom. The Kier molecular flexibility index (Phi) is 3.06. The second-order valence-corrected chi connectivity index (χ2v) is 10.3. The van der Waals surface area contributed by atoms with Gasteiger partial charge >= 0.3 is 0 Å². The summed E-state index contributed by atoms with van der Waals surface area (Å²) in [6, 6.07) is 0. The van der Waals surface area contributed by atoms with Crippen LogP contribution in [0.2, 0.25) is 18.1 Å². The number of nitrogens with zero attached hydrogens (tertiary/aromatic N) is 1. The van der Waals surface area contributed by atoms with E-state index in [-0.39, 0.29) is 11.1 Å². The maximum absolute atomic E-state index is 11.0. The molecule has 0 unspecified atom stereocenters. The Morgan fingerprint density at radius 1 is 1.43 bits per heavy atom.